The molecule has 1 saturated heterocycles. The molecule has 1 atom stereocenters. The molecule has 1 aliphatic rings. The minimum Gasteiger partial charge on any atom is -0.495 e. The summed E-state index contributed by atoms with van der Waals surface area (Å²) in [6.07, 6.45) is 1.07. The Hall–Kier alpha value is -2.16. The minimum atomic E-state index is -4.01. The van der Waals surface area contributed by atoms with Crippen LogP contribution in [0.1, 0.15) is 12.8 Å². The number of rotatable bonds is 5. The first-order valence-electron chi connectivity index (χ1n) is 8.71. The molecule has 0 aromatic heterocycles. The average Bonchev–Trinajstić information content (AvgIpc) is 2.68. The van der Waals surface area contributed by atoms with Crippen molar-refractivity contribution in [1.29, 1.82) is 0 Å². The lowest BCUT2D eigenvalue weighted by atomic mass is 9.99. The van der Waals surface area contributed by atoms with Crippen LogP contribution in [0.25, 0.3) is 0 Å². The number of sulfonamides is 1. The number of carbonyl (C=O) groups excluding carboxylic acids is 1. The zero-order valence-electron chi connectivity index (χ0n) is 15.2. The average molecular weight is 427 g/mol. The summed E-state index contributed by atoms with van der Waals surface area (Å²) in [5.74, 6) is -1.42. The van der Waals surface area contributed by atoms with Crippen LogP contribution in [0.2, 0.25) is 5.02 Å². The standard InChI is InChI=1S/C19H20ClFN2O4S/c1-27-17-8-7-15(21)11-18(17)28(25,26)23-9-3-4-13(12-23)19(24)22-16-6-2-5-14(20)10-16/h2,5-8,10-11,13H,3-4,9,12H2,1H3,(H,22,24)/t13-/m1/s1. The van der Waals surface area contributed by atoms with E-state index in [1.54, 1.807) is 24.3 Å². The molecule has 6 nitrogen and oxygen atoms in total. The first-order chi connectivity index (χ1) is 13.3. The van der Waals surface area contributed by atoms with Gasteiger partial charge in [0.2, 0.25) is 15.9 Å². The molecule has 2 aromatic carbocycles. The lowest BCUT2D eigenvalue weighted by molar-refractivity contribution is -0.120. The number of methoxy groups -OCH3 is 1. The highest BCUT2D eigenvalue weighted by Gasteiger charge is 2.35. The molecule has 1 aliphatic heterocycles. The Morgan fingerprint density at radius 1 is 1.29 bits per heavy atom. The van der Waals surface area contributed by atoms with Crippen LogP contribution in [-0.4, -0.2) is 38.8 Å². The Bertz CT molecular complexity index is 984. The lowest BCUT2D eigenvalue weighted by Gasteiger charge is -2.31. The molecule has 0 saturated carbocycles. The quantitative estimate of drug-likeness (QED) is 0.793. The van der Waals surface area contributed by atoms with Gasteiger partial charge in [-0.25, -0.2) is 12.8 Å². The van der Waals surface area contributed by atoms with E-state index in [-0.39, 0.29) is 29.6 Å². The van der Waals surface area contributed by atoms with Gasteiger partial charge in [0.05, 0.1) is 13.0 Å². The summed E-state index contributed by atoms with van der Waals surface area (Å²) in [5.41, 5.74) is 0.546. The summed E-state index contributed by atoms with van der Waals surface area (Å²) in [4.78, 5) is 12.4. The maximum absolute atomic E-state index is 13.6. The van der Waals surface area contributed by atoms with Gasteiger partial charge in [0.1, 0.15) is 16.5 Å². The van der Waals surface area contributed by atoms with E-state index in [0.717, 1.165) is 12.1 Å². The second-order valence-corrected chi connectivity index (χ2v) is 8.84. The van der Waals surface area contributed by atoms with Gasteiger partial charge in [0.15, 0.2) is 0 Å². The van der Waals surface area contributed by atoms with E-state index in [0.29, 0.717) is 23.6 Å². The molecule has 0 radical (unpaired) electrons. The Kier molecular flexibility index (Phi) is 6.22. The molecule has 0 aliphatic carbocycles. The van der Waals surface area contributed by atoms with E-state index in [9.17, 15) is 17.6 Å². The fraction of sp³-hybridized carbons (Fsp3) is 0.316. The number of piperidine rings is 1. The van der Waals surface area contributed by atoms with E-state index >= 15 is 0 Å². The van der Waals surface area contributed by atoms with Gasteiger partial charge in [0, 0.05) is 23.8 Å². The summed E-state index contributed by atoms with van der Waals surface area (Å²) in [6, 6.07) is 10.1. The Morgan fingerprint density at radius 2 is 2.07 bits per heavy atom. The van der Waals surface area contributed by atoms with Gasteiger partial charge in [-0.15, -0.1) is 0 Å². The molecule has 1 heterocycles. The lowest BCUT2D eigenvalue weighted by Crippen LogP contribution is -2.43. The van der Waals surface area contributed by atoms with Crippen molar-refractivity contribution < 1.29 is 22.3 Å². The first-order valence-corrected chi connectivity index (χ1v) is 10.5. The molecule has 1 fully saturated rings. The number of anilines is 1. The number of ether oxygens (including phenoxy) is 1. The third kappa shape index (κ3) is 4.45. The number of hydrogen-bond donors (Lipinski definition) is 1. The van der Waals surface area contributed by atoms with Crippen molar-refractivity contribution in [2.24, 2.45) is 5.92 Å². The van der Waals surface area contributed by atoms with Crippen LogP contribution in [0.5, 0.6) is 5.75 Å². The molecular weight excluding hydrogens is 407 g/mol. The summed E-state index contributed by atoms with van der Waals surface area (Å²) in [7, 11) is -2.68. The van der Waals surface area contributed by atoms with Gasteiger partial charge >= 0.3 is 0 Å². The third-order valence-electron chi connectivity index (χ3n) is 4.59. The molecule has 0 unspecified atom stereocenters. The van der Waals surface area contributed by atoms with Gasteiger partial charge in [0.25, 0.3) is 0 Å². The van der Waals surface area contributed by atoms with Crippen molar-refractivity contribution in [3.8, 4) is 5.75 Å². The van der Waals surface area contributed by atoms with Crippen LogP contribution in [0.4, 0.5) is 10.1 Å². The van der Waals surface area contributed by atoms with E-state index in [1.165, 1.54) is 17.5 Å². The number of nitrogens with zero attached hydrogens (tertiary/aromatic N) is 1. The number of benzene rings is 2. The summed E-state index contributed by atoms with van der Waals surface area (Å²) in [6.45, 7) is 0.261. The van der Waals surface area contributed by atoms with Gasteiger partial charge < -0.3 is 10.1 Å². The van der Waals surface area contributed by atoms with E-state index in [1.807, 2.05) is 0 Å². The van der Waals surface area contributed by atoms with Gasteiger partial charge in [-0.2, -0.15) is 4.31 Å². The Balaban J connectivity index is 1.79. The second-order valence-electron chi connectivity index (χ2n) is 6.50. The number of carbonyl (C=O) groups is 1. The highest BCUT2D eigenvalue weighted by Crippen LogP contribution is 2.30. The summed E-state index contributed by atoms with van der Waals surface area (Å²) in [5, 5.41) is 3.26. The predicted molar refractivity (Wildman–Crippen MR) is 105 cm³/mol. The largest absolute Gasteiger partial charge is 0.495 e. The van der Waals surface area contributed by atoms with Crippen LogP contribution in [-0.2, 0) is 14.8 Å². The van der Waals surface area contributed by atoms with Crippen molar-refractivity contribution in [3.05, 3.63) is 53.3 Å². The number of nitrogens with one attached hydrogen (secondary N) is 1. The molecule has 0 spiro atoms. The fourth-order valence-electron chi connectivity index (χ4n) is 3.18. The van der Waals surface area contributed by atoms with Crippen LogP contribution >= 0.6 is 11.6 Å². The van der Waals surface area contributed by atoms with E-state index in [2.05, 4.69) is 5.32 Å². The highest BCUT2D eigenvalue weighted by molar-refractivity contribution is 7.89. The number of halogens is 2. The Labute approximate surface area is 168 Å². The molecule has 9 heteroatoms. The van der Waals surface area contributed by atoms with Crippen molar-refractivity contribution in [1.82, 2.24) is 4.31 Å². The third-order valence-corrected chi connectivity index (χ3v) is 6.71. The second kappa shape index (κ2) is 8.46. The predicted octanol–water partition coefficient (Wildman–Crippen LogP) is 3.53. The van der Waals surface area contributed by atoms with E-state index in [4.69, 9.17) is 16.3 Å². The van der Waals surface area contributed by atoms with Crippen LogP contribution in [0, 0.1) is 11.7 Å². The first kappa shape index (κ1) is 20.6. The zero-order chi connectivity index (χ0) is 20.3. The van der Waals surface area contributed by atoms with Crippen molar-refractivity contribution >= 4 is 33.2 Å². The zero-order valence-corrected chi connectivity index (χ0v) is 16.8. The molecule has 3 rings (SSSR count). The van der Waals surface area contributed by atoms with Crippen molar-refractivity contribution in [2.75, 3.05) is 25.5 Å². The molecule has 1 amide bonds. The van der Waals surface area contributed by atoms with Gasteiger partial charge in [-0.05, 0) is 49.2 Å². The maximum atomic E-state index is 13.6. The van der Waals surface area contributed by atoms with Crippen LogP contribution < -0.4 is 10.1 Å². The maximum Gasteiger partial charge on any atom is 0.246 e. The smallest absolute Gasteiger partial charge is 0.246 e. The molecule has 28 heavy (non-hydrogen) atoms. The van der Waals surface area contributed by atoms with Crippen LogP contribution in [0.15, 0.2) is 47.4 Å². The minimum absolute atomic E-state index is 0.00833. The van der Waals surface area contributed by atoms with Crippen LogP contribution in [0.3, 0.4) is 0 Å². The van der Waals surface area contributed by atoms with E-state index < -0.39 is 21.8 Å². The topological polar surface area (TPSA) is 75.7 Å². The van der Waals surface area contributed by atoms with Gasteiger partial charge in [-0.3, -0.25) is 4.79 Å². The highest BCUT2D eigenvalue weighted by atomic mass is 35.5. The van der Waals surface area contributed by atoms with Gasteiger partial charge in [-0.1, -0.05) is 17.7 Å². The fourth-order valence-corrected chi connectivity index (χ4v) is 5.06. The van der Waals surface area contributed by atoms with Crippen molar-refractivity contribution in [2.45, 2.75) is 17.7 Å². The van der Waals surface area contributed by atoms with Crippen molar-refractivity contribution in [3.63, 3.8) is 0 Å². The molecule has 0 bridgehead atoms. The summed E-state index contributed by atoms with van der Waals surface area (Å²) < 4.78 is 46.0. The number of amides is 1. The molecule has 2 aromatic rings. The monoisotopic (exact) mass is 426 g/mol. The normalized spacial score (nSPS) is 17.9. The Morgan fingerprint density at radius 3 is 2.79 bits per heavy atom. The molecule has 150 valence electrons. The molecule has 1 N–H and O–H groups in total. The SMILES string of the molecule is COc1ccc(F)cc1S(=O)(=O)N1CCC[C@@H](C(=O)Nc2cccc(Cl)c2)C1. The number of hydrogen-bond acceptors (Lipinski definition) is 4. The summed E-state index contributed by atoms with van der Waals surface area (Å²) >= 11 is 5.92. The molecular formula is C19H20ClFN2O4S.